The number of carbonyl (C=O) groups is 2. The number of halogens is 1. The molecule has 0 atom stereocenters. The third-order valence-corrected chi connectivity index (χ3v) is 3.18. The van der Waals surface area contributed by atoms with Gasteiger partial charge in [-0.3, -0.25) is 4.79 Å². The molecule has 0 radical (unpaired) electrons. The van der Waals surface area contributed by atoms with Crippen molar-refractivity contribution >= 4 is 11.8 Å². The molecule has 0 amide bonds. The number of ether oxygens (including phenoxy) is 1. The Hall–Kier alpha value is -2.49. The molecule has 0 aliphatic carbocycles. The Bertz CT molecular complexity index is 645. The number of ketones is 1. The smallest absolute Gasteiger partial charge is 0.338 e. The molecule has 4 heteroatoms. The predicted octanol–water partition coefficient (Wildman–Crippen LogP) is 3.36. The lowest BCUT2D eigenvalue weighted by molar-refractivity contribution is -0.117. The van der Waals surface area contributed by atoms with E-state index in [2.05, 4.69) is 0 Å². The molecule has 0 unspecified atom stereocenters. The molecule has 0 fully saturated rings. The fraction of sp³-hybridized carbons (Fsp3) is 0.222. The van der Waals surface area contributed by atoms with E-state index in [9.17, 15) is 14.0 Å². The SMILES string of the molecule is CCOC(=O)c1ccc(CC(=O)Cc2ccc(F)cc2)cc1. The van der Waals surface area contributed by atoms with Crippen LogP contribution in [0.4, 0.5) is 4.39 Å². The molecule has 0 saturated heterocycles. The molecule has 0 aliphatic rings. The monoisotopic (exact) mass is 300 g/mol. The van der Waals surface area contributed by atoms with E-state index in [1.54, 1.807) is 43.3 Å². The second kappa shape index (κ2) is 7.50. The van der Waals surface area contributed by atoms with Crippen LogP contribution in [-0.2, 0) is 22.4 Å². The predicted molar refractivity (Wildman–Crippen MR) is 81.2 cm³/mol. The largest absolute Gasteiger partial charge is 0.462 e. The summed E-state index contributed by atoms with van der Waals surface area (Å²) in [6.07, 6.45) is 0.542. The number of benzene rings is 2. The van der Waals surface area contributed by atoms with Crippen LogP contribution < -0.4 is 0 Å². The van der Waals surface area contributed by atoms with Gasteiger partial charge in [0.25, 0.3) is 0 Å². The van der Waals surface area contributed by atoms with Gasteiger partial charge in [-0.05, 0) is 42.3 Å². The van der Waals surface area contributed by atoms with Crippen molar-refractivity contribution in [2.75, 3.05) is 6.61 Å². The molecular formula is C18H17FO3. The van der Waals surface area contributed by atoms with Gasteiger partial charge in [-0.2, -0.15) is 0 Å². The first-order chi connectivity index (χ1) is 10.6. The highest BCUT2D eigenvalue weighted by atomic mass is 19.1. The molecule has 0 heterocycles. The molecule has 0 aliphatic heterocycles. The third-order valence-electron chi connectivity index (χ3n) is 3.18. The van der Waals surface area contributed by atoms with Crippen LogP contribution in [0.1, 0.15) is 28.4 Å². The van der Waals surface area contributed by atoms with Gasteiger partial charge in [0, 0.05) is 12.8 Å². The quantitative estimate of drug-likeness (QED) is 0.768. The normalized spacial score (nSPS) is 10.3. The molecule has 0 aromatic heterocycles. The van der Waals surface area contributed by atoms with Crippen molar-refractivity contribution in [3.8, 4) is 0 Å². The van der Waals surface area contributed by atoms with Gasteiger partial charge >= 0.3 is 5.97 Å². The van der Waals surface area contributed by atoms with Crippen molar-refractivity contribution in [2.45, 2.75) is 19.8 Å². The first-order valence-electron chi connectivity index (χ1n) is 7.10. The summed E-state index contributed by atoms with van der Waals surface area (Å²) < 4.78 is 17.7. The number of carbonyl (C=O) groups excluding carboxylic acids is 2. The second-order valence-corrected chi connectivity index (χ2v) is 4.94. The summed E-state index contributed by atoms with van der Waals surface area (Å²) in [6.45, 7) is 2.08. The summed E-state index contributed by atoms with van der Waals surface area (Å²) in [4.78, 5) is 23.5. The maximum atomic E-state index is 12.8. The minimum Gasteiger partial charge on any atom is -0.462 e. The van der Waals surface area contributed by atoms with Crippen LogP contribution in [0.2, 0.25) is 0 Å². The number of rotatable bonds is 6. The van der Waals surface area contributed by atoms with Crippen LogP contribution in [0.5, 0.6) is 0 Å². The summed E-state index contributed by atoms with van der Waals surface area (Å²) >= 11 is 0. The Morgan fingerprint density at radius 3 is 1.91 bits per heavy atom. The van der Waals surface area contributed by atoms with Crippen molar-refractivity contribution in [1.29, 1.82) is 0 Å². The van der Waals surface area contributed by atoms with Gasteiger partial charge in [0.05, 0.1) is 12.2 Å². The summed E-state index contributed by atoms with van der Waals surface area (Å²) in [6, 6.07) is 12.7. The van der Waals surface area contributed by atoms with Gasteiger partial charge in [0.2, 0.25) is 0 Å². The van der Waals surface area contributed by atoms with Gasteiger partial charge < -0.3 is 4.74 Å². The highest BCUT2D eigenvalue weighted by molar-refractivity contribution is 5.89. The molecule has 2 rings (SSSR count). The van der Waals surface area contributed by atoms with E-state index in [1.807, 2.05) is 0 Å². The van der Waals surface area contributed by atoms with Crippen LogP contribution >= 0.6 is 0 Å². The van der Waals surface area contributed by atoms with Crippen LogP contribution in [0.25, 0.3) is 0 Å². The molecule has 22 heavy (non-hydrogen) atoms. The summed E-state index contributed by atoms with van der Waals surface area (Å²) in [5.74, 6) is -0.645. The lowest BCUT2D eigenvalue weighted by atomic mass is 10.0. The van der Waals surface area contributed by atoms with Crippen molar-refractivity contribution in [2.24, 2.45) is 0 Å². The number of Topliss-reactive ketones (excluding diaryl/α,β-unsaturated/α-hetero) is 1. The number of hydrogen-bond acceptors (Lipinski definition) is 3. The van der Waals surface area contributed by atoms with Crippen molar-refractivity contribution in [3.63, 3.8) is 0 Å². The second-order valence-electron chi connectivity index (χ2n) is 4.94. The minimum absolute atomic E-state index is 0.0375. The molecule has 2 aromatic carbocycles. The first kappa shape index (κ1) is 15.9. The molecule has 0 bridgehead atoms. The minimum atomic E-state index is -0.369. The van der Waals surface area contributed by atoms with Crippen LogP contribution in [0.3, 0.4) is 0 Å². The summed E-state index contributed by atoms with van der Waals surface area (Å²) in [5, 5.41) is 0. The standard InChI is InChI=1S/C18H17FO3/c1-2-22-18(21)15-7-3-13(4-8-15)11-17(20)12-14-5-9-16(19)10-6-14/h3-10H,2,11-12H2,1H3. The van der Waals surface area contributed by atoms with E-state index in [0.29, 0.717) is 12.2 Å². The van der Waals surface area contributed by atoms with Crippen molar-refractivity contribution in [3.05, 3.63) is 71.0 Å². The Morgan fingerprint density at radius 2 is 1.41 bits per heavy atom. The fourth-order valence-electron chi connectivity index (χ4n) is 2.09. The molecule has 0 saturated carbocycles. The van der Waals surface area contributed by atoms with E-state index in [-0.39, 0.29) is 30.4 Å². The average Bonchev–Trinajstić information content (AvgIpc) is 2.50. The summed E-state index contributed by atoms with van der Waals surface area (Å²) in [7, 11) is 0. The zero-order valence-corrected chi connectivity index (χ0v) is 12.3. The van der Waals surface area contributed by atoms with E-state index < -0.39 is 0 Å². The van der Waals surface area contributed by atoms with Crippen molar-refractivity contribution in [1.82, 2.24) is 0 Å². The Morgan fingerprint density at radius 1 is 0.909 bits per heavy atom. The third kappa shape index (κ3) is 4.52. The number of esters is 1. The highest BCUT2D eigenvalue weighted by Gasteiger charge is 2.08. The van der Waals surface area contributed by atoms with Crippen LogP contribution in [0.15, 0.2) is 48.5 Å². The Balaban J connectivity index is 1.94. The Kier molecular flexibility index (Phi) is 5.42. The van der Waals surface area contributed by atoms with E-state index in [4.69, 9.17) is 4.74 Å². The lowest BCUT2D eigenvalue weighted by Crippen LogP contribution is -2.08. The Labute approximate surface area is 128 Å². The number of hydrogen-bond donors (Lipinski definition) is 0. The van der Waals surface area contributed by atoms with E-state index in [1.165, 1.54) is 12.1 Å². The van der Waals surface area contributed by atoms with Crippen molar-refractivity contribution < 1.29 is 18.7 Å². The van der Waals surface area contributed by atoms with Gasteiger partial charge in [-0.25, -0.2) is 9.18 Å². The lowest BCUT2D eigenvalue weighted by Gasteiger charge is -2.04. The molecular weight excluding hydrogens is 283 g/mol. The molecule has 3 nitrogen and oxygen atoms in total. The fourth-order valence-corrected chi connectivity index (χ4v) is 2.09. The van der Waals surface area contributed by atoms with Gasteiger partial charge in [-0.15, -0.1) is 0 Å². The topological polar surface area (TPSA) is 43.4 Å². The average molecular weight is 300 g/mol. The van der Waals surface area contributed by atoms with E-state index >= 15 is 0 Å². The summed E-state index contributed by atoms with van der Waals surface area (Å²) in [5.41, 5.74) is 2.09. The van der Waals surface area contributed by atoms with Gasteiger partial charge in [0.15, 0.2) is 0 Å². The molecule has 0 N–H and O–H groups in total. The zero-order chi connectivity index (χ0) is 15.9. The van der Waals surface area contributed by atoms with Gasteiger partial charge in [-0.1, -0.05) is 24.3 Å². The molecule has 114 valence electrons. The van der Waals surface area contributed by atoms with E-state index in [0.717, 1.165) is 11.1 Å². The van der Waals surface area contributed by atoms with Gasteiger partial charge in [0.1, 0.15) is 11.6 Å². The van der Waals surface area contributed by atoms with Crippen LogP contribution in [0, 0.1) is 5.82 Å². The maximum absolute atomic E-state index is 12.8. The maximum Gasteiger partial charge on any atom is 0.338 e. The van der Waals surface area contributed by atoms with Crippen LogP contribution in [-0.4, -0.2) is 18.4 Å². The first-order valence-corrected chi connectivity index (χ1v) is 7.10. The molecule has 0 spiro atoms. The highest BCUT2D eigenvalue weighted by Crippen LogP contribution is 2.10. The molecule has 2 aromatic rings. The zero-order valence-electron chi connectivity index (χ0n) is 12.3.